The van der Waals surface area contributed by atoms with E-state index in [-0.39, 0.29) is 36.8 Å². The number of aromatic nitrogens is 1. The molecule has 2 aliphatic heterocycles. The molecular formula is C19H24Cl2N4O. The van der Waals surface area contributed by atoms with Gasteiger partial charge in [-0.3, -0.25) is 4.79 Å². The predicted molar refractivity (Wildman–Crippen MR) is 108 cm³/mol. The summed E-state index contributed by atoms with van der Waals surface area (Å²) >= 11 is 0. The van der Waals surface area contributed by atoms with Crippen LogP contribution < -0.4 is 11.1 Å². The lowest BCUT2D eigenvalue weighted by atomic mass is 9.87. The summed E-state index contributed by atoms with van der Waals surface area (Å²) in [4.78, 5) is 19.2. The number of aryl methyl sites for hydroxylation is 1. The van der Waals surface area contributed by atoms with Crippen molar-refractivity contribution >= 4 is 36.5 Å². The van der Waals surface area contributed by atoms with Gasteiger partial charge in [0, 0.05) is 37.3 Å². The maximum absolute atomic E-state index is 13.1. The van der Waals surface area contributed by atoms with Crippen LogP contribution in [0.15, 0.2) is 42.6 Å². The van der Waals surface area contributed by atoms with Crippen LogP contribution in [0, 0.1) is 18.8 Å². The van der Waals surface area contributed by atoms with Crippen LogP contribution in [0.4, 0.5) is 5.82 Å². The molecule has 3 atom stereocenters. The number of nitrogens with two attached hydrogens (primary N) is 1. The minimum atomic E-state index is 0. The molecule has 4 rings (SSSR count). The molecule has 26 heavy (non-hydrogen) atoms. The van der Waals surface area contributed by atoms with E-state index in [9.17, 15) is 4.79 Å². The van der Waals surface area contributed by atoms with Crippen LogP contribution in [-0.4, -0.2) is 35.4 Å². The Labute approximate surface area is 166 Å². The summed E-state index contributed by atoms with van der Waals surface area (Å²) in [5.74, 6) is 1.41. The summed E-state index contributed by atoms with van der Waals surface area (Å²) in [5, 5.41) is 3.48. The van der Waals surface area contributed by atoms with Crippen LogP contribution in [0.3, 0.4) is 0 Å². The average molecular weight is 395 g/mol. The van der Waals surface area contributed by atoms with Crippen molar-refractivity contribution in [2.45, 2.75) is 13.0 Å². The van der Waals surface area contributed by atoms with E-state index in [2.05, 4.69) is 35.4 Å². The first kappa shape index (κ1) is 20.5. The van der Waals surface area contributed by atoms with E-state index in [0.29, 0.717) is 23.2 Å². The number of likely N-dealkylation sites (tertiary alicyclic amines) is 1. The molecule has 3 heterocycles. The monoisotopic (exact) mass is 394 g/mol. The van der Waals surface area contributed by atoms with Gasteiger partial charge in [-0.15, -0.1) is 24.8 Å². The zero-order valence-corrected chi connectivity index (χ0v) is 16.2. The number of amides is 1. The second-order valence-corrected chi connectivity index (χ2v) is 6.81. The zero-order chi connectivity index (χ0) is 16.7. The van der Waals surface area contributed by atoms with Crippen molar-refractivity contribution < 1.29 is 4.79 Å². The van der Waals surface area contributed by atoms with Crippen molar-refractivity contribution in [2.75, 3.05) is 25.4 Å². The van der Waals surface area contributed by atoms with E-state index >= 15 is 0 Å². The van der Waals surface area contributed by atoms with Crippen LogP contribution in [0.1, 0.15) is 27.5 Å². The first-order chi connectivity index (χ1) is 11.6. The van der Waals surface area contributed by atoms with Crippen LogP contribution in [0.25, 0.3) is 0 Å². The number of hydrogen-bond donors (Lipinski definition) is 2. The van der Waals surface area contributed by atoms with Crippen molar-refractivity contribution in [3.8, 4) is 0 Å². The fraction of sp³-hybridized carbons (Fsp3) is 0.368. The van der Waals surface area contributed by atoms with E-state index in [0.717, 1.165) is 19.6 Å². The molecule has 2 aliphatic rings. The number of benzene rings is 1. The van der Waals surface area contributed by atoms with Gasteiger partial charge in [-0.1, -0.05) is 24.3 Å². The molecule has 0 spiro atoms. The van der Waals surface area contributed by atoms with Crippen LogP contribution in [0.5, 0.6) is 0 Å². The molecule has 0 unspecified atom stereocenters. The maximum Gasteiger partial charge on any atom is 0.254 e. The number of anilines is 1. The quantitative estimate of drug-likeness (QED) is 0.821. The summed E-state index contributed by atoms with van der Waals surface area (Å²) in [6, 6.07) is 11.9. The SMILES string of the molecule is Cc1ccccc1[C@H]1[C@H]2CNC[C@H]2CN1C(=O)c1ccnc(N)c1.Cl.Cl. The lowest BCUT2D eigenvalue weighted by molar-refractivity contribution is 0.0713. The molecule has 2 saturated heterocycles. The Balaban J connectivity index is 0.00000121. The number of fused-ring (bicyclic) bond motifs is 1. The normalized spacial score (nSPS) is 23.7. The Morgan fingerprint density at radius 1 is 1.23 bits per heavy atom. The number of carbonyl (C=O) groups excluding carboxylic acids is 1. The van der Waals surface area contributed by atoms with Crippen molar-refractivity contribution in [3.05, 3.63) is 59.3 Å². The number of halogens is 2. The number of nitrogen functional groups attached to an aromatic ring is 1. The topological polar surface area (TPSA) is 71.2 Å². The van der Waals surface area contributed by atoms with Crippen molar-refractivity contribution in [1.29, 1.82) is 0 Å². The smallest absolute Gasteiger partial charge is 0.254 e. The fourth-order valence-corrected chi connectivity index (χ4v) is 4.19. The molecule has 2 fully saturated rings. The number of carbonyl (C=O) groups is 1. The van der Waals surface area contributed by atoms with E-state index < -0.39 is 0 Å². The molecule has 7 heteroatoms. The third-order valence-corrected chi connectivity index (χ3v) is 5.36. The molecule has 1 amide bonds. The third kappa shape index (κ3) is 3.52. The molecule has 3 N–H and O–H groups in total. The number of rotatable bonds is 2. The standard InChI is InChI=1S/C19H22N4O.2ClH/c1-12-4-2-3-5-15(12)18-16-10-21-9-14(16)11-23(18)19(24)13-6-7-22-17(20)8-13;;/h2-8,14,16,18,21H,9-11H2,1H3,(H2,20,22);2*1H/t14-,16-,18-;;/m0../s1. The third-order valence-electron chi connectivity index (χ3n) is 5.36. The molecule has 1 aromatic heterocycles. The molecule has 5 nitrogen and oxygen atoms in total. The van der Waals surface area contributed by atoms with Gasteiger partial charge in [0.1, 0.15) is 5.82 Å². The summed E-state index contributed by atoms with van der Waals surface area (Å²) in [7, 11) is 0. The highest BCUT2D eigenvalue weighted by Gasteiger charge is 2.47. The van der Waals surface area contributed by atoms with Crippen LogP contribution >= 0.6 is 24.8 Å². The van der Waals surface area contributed by atoms with Gasteiger partial charge in [0.2, 0.25) is 0 Å². The second kappa shape index (κ2) is 8.25. The van der Waals surface area contributed by atoms with Crippen LogP contribution in [-0.2, 0) is 0 Å². The molecule has 140 valence electrons. The van der Waals surface area contributed by atoms with Crippen LogP contribution in [0.2, 0.25) is 0 Å². The highest BCUT2D eigenvalue weighted by Crippen LogP contribution is 2.44. The number of hydrogen-bond acceptors (Lipinski definition) is 4. The molecule has 0 radical (unpaired) electrons. The number of nitrogens with zero attached hydrogens (tertiary/aromatic N) is 2. The molecule has 0 saturated carbocycles. The van der Waals surface area contributed by atoms with Gasteiger partial charge in [0.15, 0.2) is 0 Å². The lowest BCUT2D eigenvalue weighted by Crippen LogP contribution is -2.35. The Morgan fingerprint density at radius 2 is 2.00 bits per heavy atom. The van der Waals surface area contributed by atoms with Gasteiger partial charge in [-0.2, -0.15) is 0 Å². The van der Waals surface area contributed by atoms with E-state index in [1.807, 2.05) is 11.0 Å². The highest BCUT2D eigenvalue weighted by atomic mass is 35.5. The fourth-order valence-electron chi connectivity index (χ4n) is 4.19. The molecule has 0 bridgehead atoms. The first-order valence-corrected chi connectivity index (χ1v) is 8.44. The molecule has 1 aromatic carbocycles. The first-order valence-electron chi connectivity index (χ1n) is 8.44. The summed E-state index contributed by atoms with van der Waals surface area (Å²) < 4.78 is 0. The van der Waals surface area contributed by atoms with E-state index in [1.165, 1.54) is 11.1 Å². The Hall–Kier alpha value is -1.82. The van der Waals surface area contributed by atoms with Crippen molar-refractivity contribution in [3.63, 3.8) is 0 Å². The van der Waals surface area contributed by atoms with Crippen molar-refractivity contribution in [1.82, 2.24) is 15.2 Å². The maximum atomic E-state index is 13.1. The highest BCUT2D eigenvalue weighted by molar-refractivity contribution is 5.95. The molecule has 2 aromatic rings. The largest absolute Gasteiger partial charge is 0.384 e. The number of nitrogens with one attached hydrogen (secondary N) is 1. The zero-order valence-electron chi connectivity index (χ0n) is 14.6. The Kier molecular flexibility index (Phi) is 6.50. The van der Waals surface area contributed by atoms with Gasteiger partial charge in [0.05, 0.1) is 6.04 Å². The summed E-state index contributed by atoms with van der Waals surface area (Å²) in [6.07, 6.45) is 1.60. The minimum absolute atomic E-state index is 0. The minimum Gasteiger partial charge on any atom is -0.384 e. The van der Waals surface area contributed by atoms with Crippen molar-refractivity contribution in [2.24, 2.45) is 11.8 Å². The van der Waals surface area contributed by atoms with Gasteiger partial charge in [0.25, 0.3) is 5.91 Å². The van der Waals surface area contributed by atoms with E-state index in [4.69, 9.17) is 5.73 Å². The average Bonchev–Trinajstić information content (AvgIpc) is 3.16. The summed E-state index contributed by atoms with van der Waals surface area (Å²) in [5.41, 5.74) is 8.88. The van der Waals surface area contributed by atoms with E-state index in [1.54, 1.807) is 18.3 Å². The molecule has 0 aliphatic carbocycles. The van der Waals surface area contributed by atoms with Gasteiger partial charge < -0.3 is 16.0 Å². The van der Waals surface area contributed by atoms with Gasteiger partial charge >= 0.3 is 0 Å². The predicted octanol–water partition coefficient (Wildman–Crippen LogP) is 2.85. The Morgan fingerprint density at radius 3 is 2.73 bits per heavy atom. The van der Waals surface area contributed by atoms with Gasteiger partial charge in [-0.25, -0.2) is 4.98 Å². The van der Waals surface area contributed by atoms with Gasteiger partial charge in [-0.05, 0) is 36.1 Å². The second-order valence-electron chi connectivity index (χ2n) is 6.81. The number of pyridine rings is 1. The lowest BCUT2D eigenvalue weighted by Gasteiger charge is -2.29. The summed E-state index contributed by atoms with van der Waals surface area (Å²) in [6.45, 7) is 4.86. The molecular weight excluding hydrogens is 371 g/mol. The Bertz CT molecular complexity index is 786.